The van der Waals surface area contributed by atoms with E-state index in [1.54, 1.807) is 6.92 Å². The molecule has 0 saturated carbocycles. The molecule has 2 bridgehead atoms. The summed E-state index contributed by atoms with van der Waals surface area (Å²) >= 11 is 0. The fourth-order valence-electron chi connectivity index (χ4n) is 6.01. The van der Waals surface area contributed by atoms with Crippen LogP contribution >= 0.6 is 0 Å². The van der Waals surface area contributed by atoms with Gasteiger partial charge in [-0.05, 0) is 38.7 Å². The van der Waals surface area contributed by atoms with Gasteiger partial charge in [0.05, 0.1) is 30.1 Å². The van der Waals surface area contributed by atoms with Crippen LogP contribution in [0.15, 0.2) is 30.3 Å². The number of likely N-dealkylation sites (tertiary alicyclic amines) is 1. The SMILES string of the molecule is CCCCNC(=O)C1N([C@H](C)CO)C(=O)[C@@H]2[C@H](C(=O)NCc3ccccc3)[C@]3(C)CCC12O3. The summed E-state index contributed by atoms with van der Waals surface area (Å²) in [5.41, 5.74) is -0.894. The summed E-state index contributed by atoms with van der Waals surface area (Å²) < 4.78 is 6.53. The first-order valence-corrected chi connectivity index (χ1v) is 12.0. The van der Waals surface area contributed by atoms with Crippen molar-refractivity contribution in [3.05, 3.63) is 35.9 Å². The maximum atomic E-state index is 13.7. The molecule has 3 heterocycles. The van der Waals surface area contributed by atoms with E-state index in [9.17, 15) is 19.5 Å². The molecule has 3 amide bonds. The Hall–Kier alpha value is -2.45. The Kier molecular flexibility index (Phi) is 6.51. The van der Waals surface area contributed by atoms with Crippen LogP contribution in [0.5, 0.6) is 0 Å². The maximum absolute atomic E-state index is 13.7. The molecule has 33 heavy (non-hydrogen) atoms. The Labute approximate surface area is 195 Å². The summed E-state index contributed by atoms with van der Waals surface area (Å²) in [4.78, 5) is 42.0. The van der Waals surface area contributed by atoms with E-state index in [0.29, 0.717) is 25.9 Å². The molecule has 3 aliphatic heterocycles. The Bertz CT molecular complexity index is 909. The second-order valence-electron chi connectivity index (χ2n) is 9.85. The third kappa shape index (κ3) is 3.83. The largest absolute Gasteiger partial charge is 0.394 e. The molecule has 8 nitrogen and oxygen atoms in total. The summed E-state index contributed by atoms with van der Waals surface area (Å²) in [7, 11) is 0. The molecule has 0 aliphatic carbocycles. The number of hydrogen-bond acceptors (Lipinski definition) is 5. The molecule has 180 valence electrons. The van der Waals surface area contributed by atoms with E-state index in [2.05, 4.69) is 10.6 Å². The predicted octanol–water partition coefficient (Wildman–Crippen LogP) is 1.36. The Morgan fingerprint density at radius 3 is 2.61 bits per heavy atom. The molecule has 4 rings (SSSR count). The maximum Gasteiger partial charge on any atom is 0.245 e. The van der Waals surface area contributed by atoms with Crippen LogP contribution in [0, 0.1) is 11.8 Å². The number of amides is 3. The zero-order chi connectivity index (χ0) is 23.8. The van der Waals surface area contributed by atoms with Gasteiger partial charge in [0.1, 0.15) is 11.6 Å². The topological polar surface area (TPSA) is 108 Å². The van der Waals surface area contributed by atoms with Crippen molar-refractivity contribution in [2.45, 2.75) is 76.3 Å². The Balaban J connectivity index is 1.63. The highest BCUT2D eigenvalue weighted by molar-refractivity contribution is 5.99. The van der Waals surface area contributed by atoms with Crippen molar-refractivity contribution in [1.82, 2.24) is 15.5 Å². The lowest BCUT2D eigenvalue weighted by Gasteiger charge is -2.35. The molecule has 3 N–H and O–H groups in total. The third-order valence-electron chi connectivity index (χ3n) is 7.62. The highest BCUT2D eigenvalue weighted by Gasteiger charge is 2.78. The van der Waals surface area contributed by atoms with Gasteiger partial charge in [0.25, 0.3) is 0 Å². The minimum absolute atomic E-state index is 0.232. The fraction of sp³-hybridized carbons (Fsp3) is 0.640. The number of aliphatic hydroxyl groups is 1. The van der Waals surface area contributed by atoms with Crippen molar-refractivity contribution in [3.63, 3.8) is 0 Å². The number of carbonyl (C=O) groups is 3. The normalized spacial score (nSPS) is 33.2. The van der Waals surface area contributed by atoms with Crippen LogP contribution in [0.2, 0.25) is 0 Å². The lowest BCUT2D eigenvalue weighted by molar-refractivity contribution is -0.149. The zero-order valence-electron chi connectivity index (χ0n) is 19.7. The third-order valence-corrected chi connectivity index (χ3v) is 7.62. The minimum atomic E-state index is -1.06. The van der Waals surface area contributed by atoms with Crippen LogP contribution in [-0.4, -0.2) is 64.2 Å². The van der Waals surface area contributed by atoms with Crippen LogP contribution < -0.4 is 10.6 Å². The molecule has 3 saturated heterocycles. The number of fused-ring (bicyclic) bond motifs is 1. The van der Waals surface area contributed by atoms with Crippen molar-refractivity contribution in [1.29, 1.82) is 0 Å². The fourth-order valence-corrected chi connectivity index (χ4v) is 6.01. The summed E-state index contributed by atoms with van der Waals surface area (Å²) in [6, 6.07) is 8.19. The van der Waals surface area contributed by atoms with E-state index < -0.39 is 35.1 Å². The van der Waals surface area contributed by atoms with E-state index >= 15 is 0 Å². The summed E-state index contributed by atoms with van der Waals surface area (Å²) in [5, 5.41) is 15.8. The van der Waals surface area contributed by atoms with Gasteiger partial charge >= 0.3 is 0 Å². The molecule has 0 aromatic heterocycles. The summed E-state index contributed by atoms with van der Waals surface area (Å²) in [6.45, 7) is 6.25. The monoisotopic (exact) mass is 457 g/mol. The van der Waals surface area contributed by atoms with Crippen molar-refractivity contribution >= 4 is 17.7 Å². The number of hydrogen-bond donors (Lipinski definition) is 3. The average molecular weight is 458 g/mol. The van der Waals surface area contributed by atoms with Gasteiger partial charge in [0, 0.05) is 13.1 Å². The molecule has 1 aromatic rings. The van der Waals surface area contributed by atoms with Crippen LogP contribution in [0.4, 0.5) is 0 Å². The van der Waals surface area contributed by atoms with E-state index in [4.69, 9.17) is 4.74 Å². The number of ether oxygens (including phenoxy) is 1. The Morgan fingerprint density at radius 1 is 1.21 bits per heavy atom. The number of rotatable bonds is 9. The number of carbonyl (C=O) groups excluding carboxylic acids is 3. The van der Waals surface area contributed by atoms with Crippen LogP contribution in [0.1, 0.15) is 52.0 Å². The lowest BCUT2D eigenvalue weighted by Crippen LogP contribution is -2.57. The second-order valence-corrected chi connectivity index (χ2v) is 9.85. The second kappa shape index (κ2) is 9.06. The van der Waals surface area contributed by atoms with Crippen LogP contribution in [0.25, 0.3) is 0 Å². The van der Waals surface area contributed by atoms with Gasteiger partial charge in [-0.15, -0.1) is 0 Å². The zero-order valence-corrected chi connectivity index (χ0v) is 19.7. The smallest absolute Gasteiger partial charge is 0.245 e. The van der Waals surface area contributed by atoms with Gasteiger partial charge in [-0.2, -0.15) is 0 Å². The molecule has 8 heteroatoms. The van der Waals surface area contributed by atoms with Crippen LogP contribution in [0.3, 0.4) is 0 Å². The first-order valence-electron chi connectivity index (χ1n) is 12.0. The van der Waals surface area contributed by atoms with Gasteiger partial charge < -0.3 is 25.4 Å². The van der Waals surface area contributed by atoms with Gasteiger partial charge in [0.2, 0.25) is 17.7 Å². The van der Waals surface area contributed by atoms with Crippen LogP contribution in [-0.2, 0) is 25.7 Å². The molecule has 3 fully saturated rings. The van der Waals surface area contributed by atoms with E-state index in [1.807, 2.05) is 44.2 Å². The Morgan fingerprint density at radius 2 is 1.94 bits per heavy atom. The average Bonchev–Trinajstić information content (AvgIpc) is 3.38. The lowest BCUT2D eigenvalue weighted by atomic mass is 9.66. The molecule has 6 atom stereocenters. The predicted molar refractivity (Wildman–Crippen MR) is 122 cm³/mol. The summed E-state index contributed by atoms with van der Waals surface area (Å²) in [6.07, 6.45) is 2.90. The number of nitrogens with one attached hydrogen (secondary N) is 2. The molecular weight excluding hydrogens is 422 g/mol. The van der Waals surface area contributed by atoms with Gasteiger partial charge in [-0.3, -0.25) is 14.4 Å². The quantitative estimate of drug-likeness (QED) is 0.486. The minimum Gasteiger partial charge on any atom is -0.394 e. The summed E-state index contributed by atoms with van der Waals surface area (Å²) in [5.74, 6) is -2.22. The van der Waals surface area contributed by atoms with E-state index in [0.717, 1.165) is 18.4 Å². The molecule has 1 spiro atoms. The van der Waals surface area contributed by atoms with Crippen molar-refractivity contribution in [2.24, 2.45) is 11.8 Å². The standard InChI is InChI=1S/C25H35N3O5/c1-4-5-13-26-22(31)20-25-12-11-24(3,33-25)18(19(25)23(32)28(20)16(2)15-29)21(30)27-14-17-9-7-6-8-10-17/h6-10,16,18-20,29H,4-5,11-15H2,1-3H3,(H,26,31)(H,27,30)/t16-,18-,19+,20?,24+,25?/m1/s1. The highest BCUT2D eigenvalue weighted by Crippen LogP contribution is 2.63. The van der Waals surface area contributed by atoms with E-state index in [1.165, 1.54) is 4.90 Å². The molecule has 1 aromatic carbocycles. The molecular formula is C25H35N3O5. The highest BCUT2D eigenvalue weighted by atomic mass is 16.5. The number of unbranched alkanes of at least 4 members (excludes halogenated alkanes) is 1. The number of aliphatic hydroxyl groups excluding tert-OH is 1. The first-order chi connectivity index (χ1) is 15.8. The van der Waals surface area contributed by atoms with Gasteiger partial charge in [-0.1, -0.05) is 43.7 Å². The van der Waals surface area contributed by atoms with Gasteiger partial charge in [0.15, 0.2) is 0 Å². The molecule has 2 unspecified atom stereocenters. The van der Waals surface area contributed by atoms with E-state index in [-0.39, 0.29) is 24.3 Å². The first kappa shape index (κ1) is 23.7. The van der Waals surface area contributed by atoms with Gasteiger partial charge in [-0.25, -0.2) is 0 Å². The van der Waals surface area contributed by atoms with Crippen molar-refractivity contribution < 1.29 is 24.2 Å². The number of benzene rings is 1. The number of nitrogens with zero attached hydrogens (tertiary/aromatic N) is 1. The van der Waals surface area contributed by atoms with Crippen molar-refractivity contribution in [3.8, 4) is 0 Å². The van der Waals surface area contributed by atoms with Crippen molar-refractivity contribution in [2.75, 3.05) is 13.2 Å². The molecule has 3 aliphatic rings. The molecule has 0 radical (unpaired) electrons.